The van der Waals surface area contributed by atoms with Crippen LogP contribution in [-0.4, -0.2) is 23.3 Å². The highest BCUT2D eigenvalue weighted by Gasteiger charge is 2.32. The van der Waals surface area contributed by atoms with Gasteiger partial charge in [-0.15, -0.1) is 0 Å². The summed E-state index contributed by atoms with van der Waals surface area (Å²) in [4.78, 5) is 22.7. The second kappa shape index (κ2) is 11.2. The van der Waals surface area contributed by atoms with Crippen molar-refractivity contribution in [2.75, 3.05) is 0 Å². The molecule has 1 amide bonds. The lowest BCUT2D eigenvalue weighted by molar-refractivity contribution is -0.152. The maximum absolute atomic E-state index is 11.5. The van der Waals surface area contributed by atoms with Gasteiger partial charge >= 0.3 is 5.97 Å². The van der Waals surface area contributed by atoms with Crippen LogP contribution in [0.25, 0.3) is 0 Å². The molecule has 0 radical (unpaired) electrons. The van der Waals surface area contributed by atoms with Crippen molar-refractivity contribution in [3.8, 4) is 0 Å². The molecule has 0 aromatic rings. The molecular weight excluding hydrogens is 294 g/mol. The molecule has 0 aromatic carbocycles. The first-order valence-corrected chi connectivity index (χ1v) is 8.95. The van der Waals surface area contributed by atoms with Gasteiger partial charge in [0.25, 0.3) is 0 Å². The Bertz CT molecular complexity index is 406. The van der Waals surface area contributed by atoms with Gasteiger partial charge in [0.05, 0.1) is 5.92 Å². The van der Waals surface area contributed by atoms with E-state index in [1.165, 1.54) is 51.0 Å². The number of primary amides is 1. The highest BCUT2D eigenvalue weighted by atomic mass is 16.6. The number of amides is 1. The molecule has 1 aliphatic heterocycles. The number of cyclic esters (lactones) is 1. The number of hydrogen-bond donors (Lipinski definition) is 2. The first-order valence-electron chi connectivity index (χ1n) is 8.95. The number of nitrogens with two attached hydrogens (primary N) is 1. The highest BCUT2D eigenvalue weighted by molar-refractivity contribution is 5.89. The molecular formula is C18H31NO4. The topological polar surface area (TPSA) is 89.6 Å². The molecule has 5 heteroatoms. The first-order chi connectivity index (χ1) is 11.1. The van der Waals surface area contributed by atoms with E-state index in [0.29, 0.717) is 12.0 Å². The van der Waals surface area contributed by atoms with Crippen molar-refractivity contribution in [1.29, 1.82) is 0 Å². The molecule has 5 nitrogen and oxygen atoms in total. The fourth-order valence-corrected chi connectivity index (χ4v) is 3.00. The maximum atomic E-state index is 11.5. The average molecular weight is 325 g/mol. The fraction of sp³-hybridized carbons (Fsp3) is 0.778. The summed E-state index contributed by atoms with van der Waals surface area (Å²) in [6.07, 6.45) is 12.6. The lowest BCUT2D eigenvalue weighted by Crippen LogP contribution is -2.29. The van der Waals surface area contributed by atoms with E-state index in [1.807, 2.05) is 0 Å². The second-order valence-electron chi connectivity index (χ2n) is 6.36. The smallest absolute Gasteiger partial charge is 0.333 e. The van der Waals surface area contributed by atoms with E-state index in [0.717, 1.165) is 19.3 Å². The summed E-state index contributed by atoms with van der Waals surface area (Å²) in [5, 5.41) is 9.62. The van der Waals surface area contributed by atoms with E-state index >= 15 is 0 Å². The van der Waals surface area contributed by atoms with Crippen LogP contribution in [-0.2, 0) is 14.3 Å². The average Bonchev–Trinajstić information content (AvgIpc) is 2.83. The SMILES string of the molecule is CCCCCCCCCCCCC(C(N)=O)C1=CC(=O)OC1O. The molecule has 3 N–H and O–H groups in total. The minimum absolute atomic E-state index is 0.304. The number of carbonyl (C=O) groups excluding carboxylic acids is 2. The molecule has 0 spiro atoms. The molecule has 2 atom stereocenters. The maximum Gasteiger partial charge on any atom is 0.333 e. The van der Waals surface area contributed by atoms with Crippen LogP contribution >= 0.6 is 0 Å². The lowest BCUT2D eigenvalue weighted by atomic mass is 9.91. The van der Waals surface area contributed by atoms with Crippen LogP contribution in [0.5, 0.6) is 0 Å². The van der Waals surface area contributed by atoms with E-state index in [1.54, 1.807) is 0 Å². The van der Waals surface area contributed by atoms with Crippen molar-refractivity contribution in [2.24, 2.45) is 11.7 Å². The van der Waals surface area contributed by atoms with E-state index < -0.39 is 24.1 Å². The first kappa shape index (κ1) is 19.7. The Kier molecular flexibility index (Phi) is 9.60. The molecule has 0 fully saturated rings. The summed E-state index contributed by atoms with van der Waals surface area (Å²) < 4.78 is 4.62. The van der Waals surface area contributed by atoms with Gasteiger partial charge in [0.2, 0.25) is 12.2 Å². The zero-order valence-corrected chi connectivity index (χ0v) is 14.3. The largest absolute Gasteiger partial charge is 0.429 e. The molecule has 0 aliphatic carbocycles. The van der Waals surface area contributed by atoms with Gasteiger partial charge < -0.3 is 15.6 Å². The highest BCUT2D eigenvalue weighted by Crippen LogP contribution is 2.26. The van der Waals surface area contributed by atoms with E-state index in [4.69, 9.17) is 5.73 Å². The van der Waals surface area contributed by atoms with E-state index in [2.05, 4.69) is 11.7 Å². The van der Waals surface area contributed by atoms with Crippen LogP contribution in [0, 0.1) is 5.92 Å². The number of rotatable bonds is 13. The predicted molar refractivity (Wildman–Crippen MR) is 89.3 cm³/mol. The van der Waals surface area contributed by atoms with Gasteiger partial charge in [-0.1, -0.05) is 71.1 Å². The number of ether oxygens (including phenoxy) is 1. The van der Waals surface area contributed by atoms with Gasteiger partial charge in [-0.3, -0.25) is 4.79 Å². The molecule has 1 aliphatic rings. The molecule has 0 aromatic heterocycles. The van der Waals surface area contributed by atoms with Gasteiger partial charge in [-0.05, 0) is 6.42 Å². The van der Waals surface area contributed by atoms with Crippen molar-refractivity contribution in [3.63, 3.8) is 0 Å². The van der Waals surface area contributed by atoms with Gasteiger partial charge in [0.15, 0.2) is 0 Å². The number of aliphatic hydroxyl groups is 1. The van der Waals surface area contributed by atoms with Gasteiger partial charge in [-0.2, -0.15) is 0 Å². The third kappa shape index (κ3) is 7.64. The molecule has 1 rings (SSSR count). The summed E-state index contributed by atoms with van der Waals surface area (Å²) in [6.45, 7) is 2.22. The Balaban J connectivity index is 2.14. The van der Waals surface area contributed by atoms with Crippen LogP contribution in [0.1, 0.15) is 77.6 Å². The molecule has 132 valence electrons. The van der Waals surface area contributed by atoms with Gasteiger partial charge in [0, 0.05) is 11.6 Å². The van der Waals surface area contributed by atoms with Crippen LogP contribution in [0.4, 0.5) is 0 Å². The molecule has 0 bridgehead atoms. The summed E-state index contributed by atoms with van der Waals surface area (Å²) in [7, 11) is 0. The summed E-state index contributed by atoms with van der Waals surface area (Å²) in [5.74, 6) is -1.73. The number of esters is 1. The van der Waals surface area contributed by atoms with Gasteiger partial charge in [-0.25, -0.2) is 4.79 Å². The molecule has 2 unspecified atom stereocenters. The van der Waals surface area contributed by atoms with Crippen LogP contribution in [0.2, 0.25) is 0 Å². The zero-order valence-electron chi connectivity index (χ0n) is 14.3. The fourth-order valence-electron chi connectivity index (χ4n) is 3.00. The van der Waals surface area contributed by atoms with Crippen molar-refractivity contribution in [1.82, 2.24) is 0 Å². The number of aliphatic hydroxyl groups excluding tert-OH is 1. The zero-order chi connectivity index (χ0) is 17.1. The van der Waals surface area contributed by atoms with E-state index in [-0.39, 0.29) is 0 Å². The quantitative estimate of drug-likeness (QED) is 0.402. The number of unbranched alkanes of at least 4 members (excludes halogenated alkanes) is 9. The standard InChI is InChI=1S/C18H31NO4/c1-2-3-4-5-6-7-8-9-10-11-12-14(17(19)21)15-13-16(20)23-18(15)22/h13-14,18,22H,2-12H2,1H3,(H2,19,21). The van der Waals surface area contributed by atoms with Crippen molar-refractivity contribution in [2.45, 2.75) is 83.8 Å². The summed E-state index contributed by atoms with van der Waals surface area (Å²) in [5.41, 5.74) is 5.69. The van der Waals surface area contributed by atoms with Gasteiger partial charge in [0.1, 0.15) is 0 Å². The van der Waals surface area contributed by atoms with Crippen LogP contribution in [0.15, 0.2) is 11.6 Å². The van der Waals surface area contributed by atoms with Crippen LogP contribution < -0.4 is 5.73 Å². The Labute approximate surface area is 139 Å². The summed E-state index contributed by atoms with van der Waals surface area (Å²) in [6, 6.07) is 0. The Morgan fingerprint density at radius 2 is 1.65 bits per heavy atom. The molecule has 0 saturated carbocycles. The third-order valence-corrected chi connectivity index (χ3v) is 4.39. The van der Waals surface area contributed by atoms with Crippen molar-refractivity contribution in [3.05, 3.63) is 11.6 Å². The third-order valence-electron chi connectivity index (χ3n) is 4.39. The predicted octanol–water partition coefficient (Wildman–Crippen LogP) is 3.20. The Hall–Kier alpha value is -1.36. The Morgan fingerprint density at radius 1 is 1.13 bits per heavy atom. The molecule has 0 saturated heterocycles. The van der Waals surface area contributed by atoms with Crippen molar-refractivity contribution >= 4 is 11.9 Å². The Morgan fingerprint density at radius 3 is 2.09 bits per heavy atom. The minimum Gasteiger partial charge on any atom is -0.429 e. The monoisotopic (exact) mass is 325 g/mol. The number of carbonyl (C=O) groups is 2. The van der Waals surface area contributed by atoms with Crippen LogP contribution in [0.3, 0.4) is 0 Å². The van der Waals surface area contributed by atoms with Crippen molar-refractivity contribution < 1.29 is 19.4 Å². The normalized spacial score (nSPS) is 18.6. The summed E-state index contributed by atoms with van der Waals surface area (Å²) >= 11 is 0. The molecule has 23 heavy (non-hydrogen) atoms. The van der Waals surface area contributed by atoms with E-state index in [9.17, 15) is 14.7 Å². The number of hydrogen-bond acceptors (Lipinski definition) is 4. The lowest BCUT2D eigenvalue weighted by Gasteiger charge is -2.16. The minimum atomic E-state index is -1.32. The second-order valence-corrected chi connectivity index (χ2v) is 6.36. The molecule has 1 heterocycles.